The van der Waals surface area contributed by atoms with Gasteiger partial charge in [0.1, 0.15) is 17.2 Å². The molecule has 0 bridgehead atoms. The molecule has 4 nitrogen and oxygen atoms in total. The molecule has 0 amide bonds. The number of benzene rings is 1. The van der Waals surface area contributed by atoms with Gasteiger partial charge in [-0.25, -0.2) is 8.78 Å². The van der Waals surface area contributed by atoms with Crippen molar-refractivity contribution in [3.05, 3.63) is 34.1 Å². The second-order valence-electron chi connectivity index (χ2n) is 4.15. The summed E-state index contributed by atoms with van der Waals surface area (Å²) in [6.07, 6.45) is 0.514. The first kappa shape index (κ1) is 14.1. The van der Waals surface area contributed by atoms with Crippen LogP contribution in [0.15, 0.2) is 21.1 Å². The molecular formula is C12H12BrF2N3O. The zero-order valence-corrected chi connectivity index (χ0v) is 12.0. The molecule has 1 unspecified atom stereocenters. The Bertz CT molecular complexity index is 565. The Morgan fingerprint density at radius 2 is 2.00 bits per heavy atom. The molecule has 0 aliphatic carbocycles. The predicted octanol–water partition coefficient (Wildman–Crippen LogP) is 2.93. The van der Waals surface area contributed by atoms with Crippen molar-refractivity contribution in [3.8, 4) is 11.5 Å². The minimum atomic E-state index is -0.747. The van der Waals surface area contributed by atoms with Gasteiger partial charge in [0.15, 0.2) is 5.82 Å². The molecular weight excluding hydrogens is 320 g/mol. The van der Waals surface area contributed by atoms with Crippen LogP contribution in [0.1, 0.15) is 12.7 Å². The lowest BCUT2D eigenvalue weighted by Crippen LogP contribution is -2.24. The van der Waals surface area contributed by atoms with E-state index in [1.54, 1.807) is 7.05 Å². The van der Waals surface area contributed by atoms with Gasteiger partial charge in [-0.05, 0) is 26.1 Å². The maximum absolute atomic E-state index is 13.7. The molecule has 0 spiro atoms. The Morgan fingerprint density at radius 1 is 1.37 bits per heavy atom. The van der Waals surface area contributed by atoms with Gasteiger partial charge >= 0.3 is 0 Å². The predicted molar refractivity (Wildman–Crippen MR) is 69.6 cm³/mol. The molecule has 1 N–H and O–H groups in total. The molecule has 7 heteroatoms. The standard InChI is InChI=1S/C12H12BrF2N3O/c1-6(16-2)3-10-17-12(19-18-10)11-8(14)4-7(13)5-9(11)15/h4-6,16H,3H2,1-2H3. The zero-order chi connectivity index (χ0) is 14.0. The van der Waals surface area contributed by atoms with Gasteiger partial charge in [0, 0.05) is 16.9 Å². The van der Waals surface area contributed by atoms with Crippen molar-refractivity contribution >= 4 is 15.9 Å². The van der Waals surface area contributed by atoms with Crippen LogP contribution >= 0.6 is 15.9 Å². The van der Waals surface area contributed by atoms with Crippen LogP contribution in [0.4, 0.5) is 8.78 Å². The summed E-state index contributed by atoms with van der Waals surface area (Å²) in [6, 6.07) is 2.45. The Morgan fingerprint density at radius 3 is 2.58 bits per heavy atom. The van der Waals surface area contributed by atoms with Crippen LogP contribution in [0.25, 0.3) is 11.5 Å². The number of hydrogen-bond donors (Lipinski definition) is 1. The van der Waals surface area contributed by atoms with Crippen LogP contribution < -0.4 is 5.32 Å². The van der Waals surface area contributed by atoms with E-state index < -0.39 is 11.6 Å². The molecule has 0 saturated carbocycles. The van der Waals surface area contributed by atoms with E-state index in [0.29, 0.717) is 16.7 Å². The molecule has 0 aliphatic rings. The third-order valence-corrected chi connectivity index (χ3v) is 3.13. The van der Waals surface area contributed by atoms with Crippen LogP contribution in [0.5, 0.6) is 0 Å². The van der Waals surface area contributed by atoms with E-state index in [-0.39, 0.29) is 17.5 Å². The quantitative estimate of drug-likeness (QED) is 0.935. The highest BCUT2D eigenvalue weighted by Crippen LogP contribution is 2.27. The van der Waals surface area contributed by atoms with Gasteiger partial charge < -0.3 is 9.84 Å². The SMILES string of the molecule is CNC(C)Cc1noc(-c2c(F)cc(Br)cc2F)n1. The number of nitrogens with zero attached hydrogens (tertiary/aromatic N) is 2. The van der Waals surface area contributed by atoms with E-state index in [4.69, 9.17) is 4.52 Å². The normalized spacial score (nSPS) is 12.7. The fourth-order valence-electron chi connectivity index (χ4n) is 1.56. The smallest absolute Gasteiger partial charge is 0.263 e. The molecule has 0 radical (unpaired) electrons. The van der Waals surface area contributed by atoms with Gasteiger partial charge in [0.05, 0.1) is 0 Å². The Labute approximate surface area is 117 Å². The van der Waals surface area contributed by atoms with Crippen molar-refractivity contribution in [1.82, 2.24) is 15.5 Å². The van der Waals surface area contributed by atoms with Crippen LogP contribution in [0, 0.1) is 11.6 Å². The summed E-state index contributed by atoms with van der Waals surface area (Å²) in [6.45, 7) is 1.94. The van der Waals surface area contributed by atoms with E-state index in [2.05, 4.69) is 31.4 Å². The number of halogens is 3. The van der Waals surface area contributed by atoms with Gasteiger partial charge in [-0.1, -0.05) is 21.1 Å². The molecule has 2 rings (SSSR count). The summed E-state index contributed by atoms with van der Waals surface area (Å²) in [5.74, 6) is -1.24. The van der Waals surface area contributed by atoms with Crippen LogP contribution in [0.3, 0.4) is 0 Å². The molecule has 1 heterocycles. The van der Waals surface area contributed by atoms with Crippen molar-refractivity contribution in [1.29, 1.82) is 0 Å². The molecule has 1 atom stereocenters. The number of nitrogens with one attached hydrogen (secondary N) is 1. The van der Waals surface area contributed by atoms with E-state index in [1.807, 2.05) is 6.92 Å². The summed E-state index contributed by atoms with van der Waals surface area (Å²) in [7, 11) is 1.81. The molecule has 0 aliphatic heterocycles. The Kier molecular flexibility index (Phi) is 4.26. The fraction of sp³-hybridized carbons (Fsp3) is 0.333. The van der Waals surface area contributed by atoms with Crippen LogP contribution in [0.2, 0.25) is 0 Å². The highest BCUT2D eigenvalue weighted by Gasteiger charge is 2.19. The van der Waals surface area contributed by atoms with Gasteiger partial charge in [-0.3, -0.25) is 0 Å². The largest absolute Gasteiger partial charge is 0.334 e. The first-order valence-corrected chi connectivity index (χ1v) is 6.45. The number of rotatable bonds is 4. The molecule has 0 fully saturated rings. The van der Waals surface area contributed by atoms with E-state index in [9.17, 15) is 8.78 Å². The minimum Gasteiger partial charge on any atom is -0.334 e. The van der Waals surface area contributed by atoms with Crippen molar-refractivity contribution in [3.63, 3.8) is 0 Å². The highest BCUT2D eigenvalue weighted by molar-refractivity contribution is 9.10. The minimum absolute atomic E-state index is 0.144. The topological polar surface area (TPSA) is 51.0 Å². The number of aromatic nitrogens is 2. The summed E-state index contributed by atoms with van der Waals surface area (Å²) in [5, 5.41) is 6.73. The maximum atomic E-state index is 13.7. The average Bonchev–Trinajstić information content (AvgIpc) is 2.75. The van der Waals surface area contributed by atoms with Gasteiger partial charge in [-0.15, -0.1) is 0 Å². The van der Waals surface area contributed by atoms with Gasteiger partial charge in [-0.2, -0.15) is 4.98 Å². The van der Waals surface area contributed by atoms with Gasteiger partial charge in [0.25, 0.3) is 5.89 Å². The van der Waals surface area contributed by atoms with E-state index in [0.717, 1.165) is 12.1 Å². The second kappa shape index (κ2) is 5.75. The molecule has 102 valence electrons. The summed E-state index contributed by atoms with van der Waals surface area (Å²) in [5.41, 5.74) is -0.306. The van der Waals surface area contributed by atoms with Crippen molar-refractivity contribution in [2.75, 3.05) is 7.05 Å². The third kappa shape index (κ3) is 3.16. The molecule has 2 aromatic rings. The van der Waals surface area contributed by atoms with Crippen LogP contribution in [-0.4, -0.2) is 23.2 Å². The summed E-state index contributed by atoms with van der Waals surface area (Å²) >= 11 is 3.01. The molecule has 19 heavy (non-hydrogen) atoms. The van der Waals surface area contributed by atoms with Crippen LogP contribution in [-0.2, 0) is 6.42 Å². The Hall–Kier alpha value is -1.34. The molecule has 1 aromatic heterocycles. The summed E-state index contributed by atoms with van der Waals surface area (Å²) in [4.78, 5) is 4.01. The zero-order valence-electron chi connectivity index (χ0n) is 10.4. The average molecular weight is 332 g/mol. The maximum Gasteiger partial charge on any atom is 0.263 e. The second-order valence-corrected chi connectivity index (χ2v) is 5.07. The van der Waals surface area contributed by atoms with Gasteiger partial charge in [0.2, 0.25) is 0 Å². The highest BCUT2D eigenvalue weighted by atomic mass is 79.9. The fourth-order valence-corrected chi connectivity index (χ4v) is 1.96. The van der Waals surface area contributed by atoms with E-state index in [1.165, 1.54) is 0 Å². The lowest BCUT2D eigenvalue weighted by Gasteiger charge is -2.04. The lowest BCUT2D eigenvalue weighted by atomic mass is 10.2. The first-order chi connectivity index (χ1) is 9.01. The number of hydrogen-bond acceptors (Lipinski definition) is 4. The number of likely N-dealkylation sites (N-methyl/N-ethyl adjacent to an activating group) is 1. The monoisotopic (exact) mass is 331 g/mol. The third-order valence-electron chi connectivity index (χ3n) is 2.67. The summed E-state index contributed by atoms with van der Waals surface area (Å²) < 4.78 is 32.7. The lowest BCUT2D eigenvalue weighted by molar-refractivity contribution is 0.413. The Balaban J connectivity index is 2.33. The van der Waals surface area contributed by atoms with E-state index >= 15 is 0 Å². The molecule has 1 aromatic carbocycles. The molecule has 0 saturated heterocycles. The van der Waals surface area contributed by atoms with Crippen molar-refractivity contribution in [2.24, 2.45) is 0 Å². The van der Waals surface area contributed by atoms with Crippen molar-refractivity contribution < 1.29 is 13.3 Å². The first-order valence-electron chi connectivity index (χ1n) is 5.66. The van der Waals surface area contributed by atoms with Crippen molar-refractivity contribution in [2.45, 2.75) is 19.4 Å².